The van der Waals surface area contributed by atoms with E-state index >= 15 is 0 Å². The van der Waals surface area contributed by atoms with Crippen LogP contribution < -0.4 is 10.9 Å². The molecule has 0 aliphatic carbocycles. The van der Waals surface area contributed by atoms with Gasteiger partial charge in [-0.3, -0.25) is 9.48 Å². The number of hydrogen-bond acceptors (Lipinski definition) is 6. The standard InChI is InChI=1S/C26H19ClF3N7O/c1-36-15-19(13-33-36)18-11-31-25(32-12-18)34-20-4-2-3-16(9-20)14-37-24(38)8-7-23(35-37)17-5-6-22(27)21(10-17)26(28,29)30/h2-13,15H,14H2,1H3,(H,31,32,34). The van der Waals surface area contributed by atoms with E-state index in [0.717, 1.165) is 28.8 Å². The summed E-state index contributed by atoms with van der Waals surface area (Å²) in [5, 5.41) is 11.1. The molecule has 0 spiro atoms. The zero-order valence-corrected chi connectivity index (χ0v) is 20.6. The van der Waals surface area contributed by atoms with Crippen molar-refractivity contribution < 1.29 is 13.2 Å². The summed E-state index contributed by atoms with van der Waals surface area (Å²) < 4.78 is 42.8. The molecule has 1 N–H and O–H groups in total. The summed E-state index contributed by atoms with van der Waals surface area (Å²) in [7, 11) is 1.83. The summed E-state index contributed by atoms with van der Waals surface area (Å²) in [6.07, 6.45) is 2.35. The largest absolute Gasteiger partial charge is 0.417 e. The van der Waals surface area contributed by atoms with Crippen molar-refractivity contribution in [2.75, 3.05) is 5.32 Å². The zero-order valence-electron chi connectivity index (χ0n) is 19.8. The Morgan fingerprint density at radius 2 is 1.74 bits per heavy atom. The van der Waals surface area contributed by atoms with Crippen LogP contribution in [0.1, 0.15) is 11.1 Å². The highest BCUT2D eigenvalue weighted by atomic mass is 35.5. The minimum absolute atomic E-state index is 0.0999. The fraction of sp³-hybridized carbons (Fsp3) is 0.115. The average molecular weight is 538 g/mol. The van der Waals surface area contributed by atoms with Crippen LogP contribution in [0.4, 0.5) is 24.8 Å². The Morgan fingerprint density at radius 1 is 0.947 bits per heavy atom. The smallest absolute Gasteiger partial charge is 0.324 e. The Hall–Kier alpha value is -4.51. The molecule has 192 valence electrons. The molecule has 0 atom stereocenters. The Morgan fingerprint density at radius 3 is 2.45 bits per heavy atom. The van der Waals surface area contributed by atoms with Gasteiger partial charge in [0.05, 0.1) is 29.0 Å². The van der Waals surface area contributed by atoms with Gasteiger partial charge in [0.15, 0.2) is 0 Å². The molecule has 12 heteroatoms. The topological polar surface area (TPSA) is 90.5 Å². The quantitative estimate of drug-likeness (QED) is 0.305. The second-order valence-corrected chi connectivity index (χ2v) is 8.84. The van der Waals surface area contributed by atoms with E-state index in [0.29, 0.717) is 11.6 Å². The molecule has 0 fully saturated rings. The number of halogens is 4. The van der Waals surface area contributed by atoms with Crippen LogP contribution in [0.15, 0.2) is 84.2 Å². The van der Waals surface area contributed by atoms with Gasteiger partial charge in [0.1, 0.15) is 0 Å². The number of aromatic nitrogens is 6. The van der Waals surface area contributed by atoms with Gasteiger partial charge in [0.2, 0.25) is 5.95 Å². The second kappa shape index (κ2) is 10.1. The average Bonchev–Trinajstić information content (AvgIpc) is 3.32. The van der Waals surface area contributed by atoms with Crippen molar-refractivity contribution in [1.82, 2.24) is 29.5 Å². The van der Waals surface area contributed by atoms with Crippen LogP contribution in [0.5, 0.6) is 0 Å². The van der Waals surface area contributed by atoms with Gasteiger partial charge in [-0.1, -0.05) is 29.8 Å². The first kappa shape index (κ1) is 25.2. The number of nitrogens with zero attached hydrogens (tertiary/aromatic N) is 6. The van der Waals surface area contributed by atoms with Crippen LogP contribution in [0.3, 0.4) is 0 Å². The molecule has 0 unspecified atom stereocenters. The maximum atomic E-state index is 13.3. The molecule has 0 aliphatic rings. The summed E-state index contributed by atoms with van der Waals surface area (Å²) in [6.45, 7) is 0.0999. The van der Waals surface area contributed by atoms with E-state index in [1.54, 1.807) is 29.3 Å². The Kier molecular flexibility index (Phi) is 6.68. The van der Waals surface area contributed by atoms with E-state index in [2.05, 4.69) is 25.5 Å². The molecule has 3 heterocycles. The number of alkyl halides is 3. The van der Waals surface area contributed by atoms with Crippen molar-refractivity contribution in [2.24, 2.45) is 7.05 Å². The van der Waals surface area contributed by atoms with Crippen LogP contribution >= 0.6 is 11.6 Å². The van der Waals surface area contributed by atoms with Crippen LogP contribution in [0.25, 0.3) is 22.4 Å². The lowest BCUT2D eigenvalue weighted by atomic mass is 10.1. The SMILES string of the molecule is Cn1cc(-c2cnc(Nc3cccc(Cn4nc(-c5ccc(Cl)c(C(F)(F)F)c5)ccc4=O)c3)nc2)cn1. The number of nitrogens with one attached hydrogen (secondary N) is 1. The molecule has 3 aromatic heterocycles. The third kappa shape index (κ3) is 5.57. The molecule has 5 aromatic rings. The van der Waals surface area contributed by atoms with Gasteiger partial charge in [0.25, 0.3) is 5.56 Å². The van der Waals surface area contributed by atoms with Crippen molar-refractivity contribution >= 4 is 23.2 Å². The molecule has 0 radical (unpaired) electrons. The van der Waals surface area contributed by atoms with E-state index in [1.165, 1.54) is 22.9 Å². The number of benzene rings is 2. The summed E-state index contributed by atoms with van der Waals surface area (Å²) in [5.74, 6) is 0.385. The number of hydrogen-bond donors (Lipinski definition) is 1. The minimum atomic E-state index is -4.61. The Labute approximate surface area is 219 Å². The molecule has 0 saturated carbocycles. The van der Waals surface area contributed by atoms with Crippen molar-refractivity contribution in [2.45, 2.75) is 12.7 Å². The summed E-state index contributed by atoms with van der Waals surface area (Å²) >= 11 is 5.73. The van der Waals surface area contributed by atoms with Crippen LogP contribution in [0.2, 0.25) is 5.02 Å². The maximum Gasteiger partial charge on any atom is 0.417 e. The number of aryl methyl sites for hydroxylation is 1. The third-order valence-corrected chi connectivity index (χ3v) is 5.97. The lowest BCUT2D eigenvalue weighted by Gasteiger charge is -2.12. The normalized spacial score (nSPS) is 11.5. The third-order valence-electron chi connectivity index (χ3n) is 5.64. The molecule has 5 rings (SSSR count). The number of anilines is 2. The van der Waals surface area contributed by atoms with Gasteiger partial charge in [-0.15, -0.1) is 0 Å². The molecular formula is C26H19ClF3N7O. The van der Waals surface area contributed by atoms with Crippen molar-refractivity contribution in [3.8, 4) is 22.4 Å². The fourth-order valence-corrected chi connectivity index (χ4v) is 4.00. The maximum absolute atomic E-state index is 13.3. The van der Waals surface area contributed by atoms with Gasteiger partial charge < -0.3 is 5.32 Å². The van der Waals surface area contributed by atoms with Gasteiger partial charge in [-0.2, -0.15) is 23.4 Å². The Balaban J connectivity index is 1.35. The minimum Gasteiger partial charge on any atom is -0.324 e. The Bertz CT molecular complexity index is 1660. The molecular weight excluding hydrogens is 519 g/mol. The molecule has 0 amide bonds. The van der Waals surface area contributed by atoms with Gasteiger partial charge >= 0.3 is 6.18 Å². The van der Waals surface area contributed by atoms with E-state index in [4.69, 9.17) is 11.6 Å². The first-order valence-electron chi connectivity index (χ1n) is 11.3. The zero-order chi connectivity index (χ0) is 26.9. The van der Waals surface area contributed by atoms with Crippen molar-refractivity contribution in [1.29, 1.82) is 0 Å². The van der Waals surface area contributed by atoms with Gasteiger partial charge in [0, 0.05) is 54.1 Å². The summed E-state index contributed by atoms with van der Waals surface area (Å²) in [5.41, 5.74) is 2.19. The van der Waals surface area contributed by atoms with E-state index in [9.17, 15) is 18.0 Å². The first-order chi connectivity index (χ1) is 18.2. The predicted molar refractivity (Wildman–Crippen MR) is 137 cm³/mol. The molecule has 2 aromatic carbocycles. The monoisotopic (exact) mass is 537 g/mol. The number of rotatable bonds is 6. The van der Waals surface area contributed by atoms with Crippen LogP contribution in [0, 0.1) is 0 Å². The highest BCUT2D eigenvalue weighted by Gasteiger charge is 2.33. The molecule has 0 bridgehead atoms. The van der Waals surface area contributed by atoms with E-state index in [-0.39, 0.29) is 17.8 Å². The highest BCUT2D eigenvalue weighted by Crippen LogP contribution is 2.36. The summed E-state index contributed by atoms with van der Waals surface area (Å²) in [6, 6.07) is 13.4. The summed E-state index contributed by atoms with van der Waals surface area (Å²) in [4.78, 5) is 21.2. The molecule has 38 heavy (non-hydrogen) atoms. The van der Waals surface area contributed by atoms with Crippen molar-refractivity contribution in [3.05, 3.63) is 106 Å². The highest BCUT2D eigenvalue weighted by molar-refractivity contribution is 6.31. The predicted octanol–water partition coefficient (Wildman–Crippen LogP) is 5.56. The first-order valence-corrected chi connectivity index (χ1v) is 11.7. The molecule has 0 aliphatic heterocycles. The van der Waals surface area contributed by atoms with E-state index in [1.807, 2.05) is 31.4 Å². The lowest BCUT2D eigenvalue weighted by molar-refractivity contribution is -0.137. The second-order valence-electron chi connectivity index (χ2n) is 8.43. The van der Waals surface area contributed by atoms with Gasteiger partial charge in [-0.05, 0) is 35.9 Å². The lowest BCUT2D eigenvalue weighted by Crippen LogP contribution is -2.23. The molecule has 8 nitrogen and oxygen atoms in total. The van der Waals surface area contributed by atoms with Crippen molar-refractivity contribution in [3.63, 3.8) is 0 Å². The van der Waals surface area contributed by atoms with Crippen LogP contribution in [-0.2, 0) is 19.8 Å². The van der Waals surface area contributed by atoms with E-state index < -0.39 is 22.3 Å². The fourth-order valence-electron chi connectivity index (χ4n) is 3.78. The van der Waals surface area contributed by atoms with Crippen LogP contribution in [-0.4, -0.2) is 29.5 Å². The van der Waals surface area contributed by atoms with Gasteiger partial charge in [-0.25, -0.2) is 14.6 Å². The molecule has 0 saturated heterocycles.